The van der Waals surface area contributed by atoms with E-state index in [0.29, 0.717) is 11.7 Å². The third-order valence-electron chi connectivity index (χ3n) is 4.44. The number of rotatable bonds is 5. The average Bonchev–Trinajstić information content (AvgIpc) is 2.99. The van der Waals surface area contributed by atoms with Gasteiger partial charge in [0.05, 0.1) is 12.2 Å². The molecule has 0 spiro atoms. The molecule has 0 atom stereocenters. The zero-order valence-electron chi connectivity index (χ0n) is 15.8. The van der Waals surface area contributed by atoms with Crippen molar-refractivity contribution < 1.29 is 4.79 Å². The normalized spacial score (nSPS) is 15.8. The van der Waals surface area contributed by atoms with Gasteiger partial charge in [-0.3, -0.25) is 9.69 Å². The molecule has 0 unspecified atom stereocenters. The van der Waals surface area contributed by atoms with Gasteiger partial charge >= 0.3 is 0 Å². The first-order chi connectivity index (χ1) is 12.4. The average molecular weight is 373 g/mol. The van der Waals surface area contributed by atoms with Crippen molar-refractivity contribution in [2.45, 2.75) is 32.6 Å². The topological polar surface area (TPSA) is 57.3 Å². The number of aromatic nitrogens is 1. The van der Waals surface area contributed by atoms with E-state index in [1.54, 1.807) is 11.3 Å². The van der Waals surface area contributed by atoms with E-state index in [9.17, 15) is 4.79 Å². The molecule has 1 saturated heterocycles. The molecular weight excluding hydrogens is 344 g/mol. The minimum atomic E-state index is -0.0534. The van der Waals surface area contributed by atoms with Crippen LogP contribution >= 0.6 is 11.3 Å². The first kappa shape index (κ1) is 19.0. The largest absolute Gasteiger partial charge is 0.314 e. The van der Waals surface area contributed by atoms with Crippen LogP contribution in [-0.4, -0.2) is 48.5 Å². The maximum absolute atomic E-state index is 12.4. The number of benzene rings is 1. The van der Waals surface area contributed by atoms with Crippen LogP contribution in [0.3, 0.4) is 0 Å². The number of anilines is 1. The number of nitrogens with one attached hydrogen (secondary N) is 2. The lowest BCUT2D eigenvalue weighted by molar-refractivity contribution is -0.117. The molecule has 6 heteroatoms. The van der Waals surface area contributed by atoms with Crippen molar-refractivity contribution in [3.63, 3.8) is 0 Å². The standard InChI is InChI=1S/C20H28N4OS/c1-20(2,3)18-16(13-15-7-5-4-6-8-15)26-19(23-18)22-17(25)14-24-11-9-21-10-12-24/h4-8,21H,9-14H2,1-3H3,(H,22,23,25). The fourth-order valence-corrected chi connectivity index (χ4v) is 4.35. The smallest absolute Gasteiger partial charge is 0.240 e. The number of piperazine rings is 1. The molecule has 1 amide bonds. The molecule has 1 fully saturated rings. The van der Waals surface area contributed by atoms with Crippen molar-refractivity contribution >= 4 is 22.4 Å². The monoisotopic (exact) mass is 372 g/mol. The quantitative estimate of drug-likeness (QED) is 0.847. The Labute approximate surface area is 159 Å². The Bertz CT molecular complexity index is 730. The number of thiazole rings is 1. The Morgan fingerprint density at radius 3 is 2.58 bits per heavy atom. The van der Waals surface area contributed by atoms with Crippen molar-refractivity contribution in [3.8, 4) is 0 Å². The number of carbonyl (C=O) groups is 1. The van der Waals surface area contributed by atoms with Crippen LogP contribution < -0.4 is 10.6 Å². The zero-order valence-corrected chi connectivity index (χ0v) is 16.7. The van der Waals surface area contributed by atoms with E-state index in [2.05, 4.69) is 60.6 Å². The summed E-state index contributed by atoms with van der Waals surface area (Å²) in [5.41, 5.74) is 2.28. The van der Waals surface area contributed by atoms with E-state index >= 15 is 0 Å². The third-order valence-corrected chi connectivity index (χ3v) is 5.41. The molecule has 1 aromatic heterocycles. The van der Waals surface area contributed by atoms with Gasteiger partial charge in [0.15, 0.2) is 5.13 Å². The maximum Gasteiger partial charge on any atom is 0.240 e. The van der Waals surface area contributed by atoms with Crippen LogP contribution in [-0.2, 0) is 16.6 Å². The van der Waals surface area contributed by atoms with Gasteiger partial charge in [-0.25, -0.2) is 4.98 Å². The fraction of sp³-hybridized carbons (Fsp3) is 0.500. The first-order valence-corrected chi connectivity index (χ1v) is 10.0. The second-order valence-corrected chi connectivity index (χ2v) is 8.86. The van der Waals surface area contributed by atoms with Crippen LogP contribution in [0.1, 0.15) is 36.9 Å². The molecular formula is C20H28N4OS. The number of amides is 1. The van der Waals surface area contributed by atoms with Crippen molar-refractivity contribution in [1.29, 1.82) is 0 Å². The van der Waals surface area contributed by atoms with Crippen molar-refractivity contribution in [1.82, 2.24) is 15.2 Å². The van der Waals surface area contributed by atoms with E-state index in [0.717, 1.165) is 38.3 Å². The predicted octanol–water partition coefficient (Wildman–Crippen LogP) is 2.88. The van der Waals surface area contributed by atoms with E-state index < -0.39 is 0 Å². The van der Waals surface area contributed by atoms with Gasteiger partial charge in [0.1, 0.15) is 0 Å². The fourth-order valence-electron chi connectivity index (χ4n) is 3.12. The lowest BCUT2D eigenvalue weighted by Gasteiger charge is -2.26. The van der Waals surface area contributed by atoms with E-state index in [1.807, 2.05) is 6.07 Å². The van der Waals surface area contributed by atoms with Crippen molar-refractivity contribution in [2.75, 3.05) is 38.0 Å². The van der Waals surface area contributed by atoms with Gasteiger partial charge in [-0.2, -0.15) is 0 Å². The maximum atomic E-state index is 12.4. The van der Waals surface area contributed by atoms with Crippen molar-refractivity contribution in [3.05, 3.63) is 46.5 Å². The summed E-state index contributed by atoms with van der Waals surface area (Å²) < 4.78 is 0. The summed E-state index contributed by atoms with van der Waals surface area (Å²) in [6.07, 6.45) is 0.846. The van der Waals surface area contributed by atoms with E-state index in [4.69, 9.17) is 4.98 Å². The highest BCUT2D eigenvalue weighted by atomic mass is 32.1. The molecule has 1 aliphatic rings. The zero-order chi connectivity index (χ0) is 18.6. The molecule has 0 bridgehead atoms. The second-order valence-electron chi connectivity index (χ2n) is 7.78. The molecule has 5 nitrogen and oxygen atoms in total. The van der Waals surface area contributed by atoms with E-state index in [-0.39, 0.29) is 11.3 Å². The number of hydrogen-bond donors (Lipinski definition) is 2. The van der Waals surface area contributed by atoms with Gasteiger partial charge in [-0.1, -0.05) is 51.1 Å². The first-order valence-electron chi connectivity index (χ1n) is 9.19. The SMILES string of the molecule is CC(C)(C)c1nc(NC(=O)CN2CCNCC2)sc1Cc1ccccc1. The summed E-state index contributed by atoms with van der Waals surface area (Å²) in [6.45, 7) is 10.7. The summed E-state index contributed by atoms with van der Waals surface area (Å²) in [6, 6.07) is 10.4. The second kappa shape index (κ2) is 8.29. The Morgan fingerprint density at radius 2 is 1.92 bits per heavy atom. The number of hydrogen-bond acceptors (Lipinski definition) is 5. The highest BCUT2D eigenvalue weighted by Crippen LogP contribution is 2.33. The van der Waals surface area contributed by atoms with Crippen LogP contribution in [0.2, 0.25) is 0 Å². The Kier molecular flexibility index (Phi) is 6.06. The molecule has 1 aromatic carbocycles. The van der Waals surface area contributed by atoms with Gasteiger partial charge in [0, 0.05) is 42.9 Å². The summed E-state index contributed by atoms with van der Waals surface area (Å²) in [5.74, 6) is 0.0207. The van der Waals surface area contributed by atoms with Crippen LogP contribution in [0.15, 0.2) is 30.3 Å². The molecule has 0 radical (unpaired) electrons. The molecule has 2 heterocycles. The third kappa shape index (κ3) is 5.13. The van der Waals surface area contributed by atoms with Gasteiger partial charge in [0.2, 0.25) is 5.91 Å². The molecule has 140 valence electrons. The molecule has 26 heavy (non-hydrogen) atoms. The van der Waals surface area contributed by atoms with Gasteiger partial charge < -0.3 is 10.6 Å². The molecule has 3 rings (SSSR count). The van der Waals surface area contributed by atoms with Crippen LogP contribution in [0.5, 0.6) is 0 Å². The number of nitrogens with zero attached hydrogens (tertiary/aromatic N) is 2. The summed E-state index contributed by atoms with van der Waals surface area (Å²) in [4.78, 5) is 20.6. The summed E-state index contributed by atoms with van der Waals surface area (Å²) >= 11 is 1.60. The Balaban J connectivity index is 1.72. The van der Waals surface area contributed by atoms with Gasteiger partial charge in [0.25, 0.3) is 0 Å². The lowest BCUT2D eigenvalue weighted by atomic mass is 9.90. The number of carbonyl (C=O) groups excluding carboxylic acids is 1. The van der Waals surface area contributed by atoms with Gasteiger partial charge in [-0.15, -0.1) is 11.3 Å². The molecule has 0 aliphatic carbocycles. The van der Waals surface area contributed by atoms with Gasteiger partial charge in [-0.05, 0) is 5.56 Å². The summed E-state index contributed by atoms with van der Waals surface area (Å²) in [5, 5.41) is 7.03. The Morgan fingerprint density at radius 1 is 1.23 bits per heavy atom. The molecule has 2 aromatic rings. The molecule has 2 N–H and O–H groups in total. The minimum absolute atomic E-state index is 0.0207. The van der Waals surface area contributed by atoms with Crippen LogP contribution in [0.4, 0.5) is 5.13 Å². The molecule has 0 saturated carbocycles. The van der Waals surface area contributed by atoms with Crippen LogP contribution in [0, 0.1) is 0 Å². The van der Waals surface area contributed by atoms with Crippen molar-refractivity contribution in [2.24, 2.45) is 0 Å². The van der Waals surface area contributed by atoms with E-state index in [1.165, 1.54) is 10.4 Å². The lowest BCUT2D eigenvalue weighted by Crippen LogP contribution is -2.46. The highest BCUT2D eigenvalue weighted by molar-refractivity contribution is 7.15. The molecule has 1 aliphatic heterocycles. The predicted molar refractivity (Wildman–Crippen MR) is 108 cm³/mol. The van der Waals surface area contributed by atoms with Crippen LogP contribution in [0.25, 0.3) is 0 Å². The highest BCUT2D eigenvalue weighted by Gasteiger charge is 2.24. The Hall–Kier alpha value is -1.76. The minimum Gasteiger partial charge on any atom is -0.314 e. The summed E-state index contributed by atoms with van der Waals surface area (Å²) in [7, 11) is 0.